The Labute approximate surface area is 163 Å². The molecule has 5 aromatic rings. The van der Waals surface area contributed by atoms with Gasteiger partial charge in [-0.15, -0.1) is 11.3 Å². The molecule has 0 radical (unpaired) electrons. The molecule has 5 nitrogen and oxygen atoms in total. The zero-order valence-electron chi connectivity index (χ0n) is 15.0. The second-order valence-electron chi connectivity index (χ2n) is 6.67. The van der Waals surface area contributed by atoms with Crippen LogP contribution in [0.1, 0.15) is 11.3 Å². The van der Waals surface area contributed by atoms with Gasteiger partial charge < -0.3 is 4.40 Å². The zero-order chi connectivity index (χ0) is 19.3. The predicted molar refractivity (Wildman–Crippen MR) is 108 cm³/mol. The molecular formula is C21H15FN4OS. The third-order valence-electron chi connectivity index (χ3n) is 4.78. The van der Waals surface area contributed by atoms with Crippen molar-refractivity contribution in [2.24, 2.45) is 0 Å². The summed E-state index contributed by atoms with van der Waals surface area (Å²) < 4.78 is 16.8. The van der Waals surface area contributed by atoms with Crippen LogP contribution in [-0.4, -0.2) is 18.9 Å². The van der Waals surface area contributed by atoms with Crippen molar-refractivity contribution in [2.45, 2.75) is 13.5 Å². The Bertz CT molecular complexity index is 1380. The van der Waals surface area contributed by atoms with E-state index in [4.69, 9.17) is 0 Å². The average Bonchev–Trinajstić information content (AvgIpc) is 3.30. The lowest BCUT2D eigenvalue weighted by molar-refractivity contribution is 0.628. The molecule has 0 N–H and O–H groups in total. The highest BCUT2D eigenvalue weighted by Gasteiger charge is 2.14. The Kier molecular flexibility index (Phi) is 3.84. The molecule has 138 valence electrons. The molecular weight excluding hydrogens is 375 g/mol. The Morgan fingerprint density at radius 2 is 2.00 bits per heavy atom. The Balaban J connectivity index is 1.61. The first-order chi connectivity index (χ1) is 13.6. The Morgan fingerprint density at radius 1 is 1.18 bits per heavy atom. The lowest BCUT2D eigenvalue weighted by Crippen LogP contribution is -2.21. The number of aryl methyl sites for hydroxylation is 1. The van der Waals surface area contributed by atoms with Gasteiger partial charge in [0.25, 0.3) is 5.56 Å². The second-order valence-corrected chi connectivity index (χ2v) is 7.53. The molecule has 0 fully saturated rings. The molecule has 0 aliphatic heterocycles. The van der Waals surface area contributed by atoms with Gasteiger partial charge in [0, 0.05) is 23.3 Å². The minimum absolute atomic E-state index is 0.126. The van der Waals surface area contributed by atoms with E-state index in [-0.39, 0.29) is 11.4 Å². The number of hydrogen-bond acceptors (Lipinski definition) is 4. The molecule has 0 aliphatic carbocycles. The van der Waals surface area contributed by atoms with Crippen molar-refractivity contribution in [3.05, 3.63) is 87.9 Å². The van der Waals surface area contributed by atoms with E-state index in [1.165, 1.54) is 23.5 Å². The summed E-state index contributed by atoms with van der Waals surface area (Å²) in [5, 5.41) is 2.45. The van der Waals surface area contributed by atoms with Crippen LogP contribution in [0, 0.1) is 12.7 Å². The highest BCUT2D eigenvalue weighted by molar-refractivity contribution is 7.17. The number of thiophene rings is 1. The van der Waals surface area contributed by atoms with Gasteiger partial charge >= 0.3 is 0 Å². The number of nitrogens with zero attached hydrogens (tertiary/aromatic N) is 4. The maximum absolute atomic E-state index is 13.3. The molecule has 28 heavy (non-hydrogen) atoms. The van der Waals surface area contributed by atoms with Gasteiger partial charge in [0.2, 0.25) is 0 Å². The largest absolute Gasteiger partial charge is 0.307 e. The fourth-order valence-corrected chi connectivity index (χ4v) is 4.28. The Hall–Kier alpha value is -3.32. The Morgan fingerprint density at radius 3 is 2.79 bits per heavy atom. The van der Waals surface area contributed by atoms with Gasteiger partial charge in [0.15, 0.2) is 0 Å². The van der Waals surface area contributed by atoms with Gasteiger partial charge in [0.1, 0.15) is 16.3 Å². The third kappa shape index (κ3) is 2.71. The van der Waals surface area contributed by atoms with Crippen molar-refractivity contribution in [1.29, 1.82) is 0 Å². The van der Waals surface area contributed by atoms with Gasteiger partial charge in [-0.05, 0) is 36.2 Å². The number of hydrogen-bond donors (Lipinski definition) is 0. The molecule has 4 aromatic heterocycles. The quantitative estimate of drug-likeness (QED) is 0.462. The topological polar surface area (TPSA) is 52.2 Å². The van der Waals surface area contributed by atoms with E-state index >= 15 is 0 Å². The second kappa shape index (κ2) is 6.38. The molecule has 0 amide bonds. The molecule has 1 aromatic carbocycles. The molecule has 0 spiro atoms. The molecule has 5 rings (SSSR count). The van der Waals surface area contributed by atoms with Crippen LogP contribution in [0.4, 0.5) is 4.39 Å². The standard InChI is InChI=1S/C21H15FN4OS/c1-13-3-2-8-25-9-16(24-19(13)25)10-26-12-23-20-18(21(26)27)17(11-28-20)14-4-6-15(22)7-5-14/h2-9,11-12H,10H2,1H3. The van der Waals surface area contributed by atoms with Crippen LogP contribution in [-0.2, 0) is 6.54 Å². The number of rotatable bonds is 3. The van der Waals surface area contributed by atoms with Crippen LogP contribution in [0.15, 0.2) is 65.3 Å². The van der Waals surface area contributed by atoms with Crippen LogP contribution < -0.4 is 5.56 Å². The van der Waals surface area contributed by atoms with Crippen molar-refractivity contribution < 1.29 is 4.39 Å². The monoisotopic (exact) mass is 390 g/mol. The average molecular weight is 390 g/mol. The molecule has 0 atom stereocenters. The van der Waals surface area contributed by atoms with Crippen LogP contribution in [0.2, 0.25) is 0 Å². The van der Waals surface area contributed by atoms with Crippen LogP contribution in [0.5, 0.6) is 0 Å². The minimum atomic E-state index is -0.305. The number of pyridine rings is 1. The molecule has 7 heteroatoms. The van der Waals surface area contributed by atoms with Crippen molar-refractivity contribution in [3.63, 3.8) is 0 Å². The molecule has 0 saturated heterocycles. The van der Waals surface area contributed by atoms with Gasteiger partial charge in [-0.25, -0.2) is 14.4 Å². The first kappa shape index (κ1) is 16.8. The van der Waals surface area contributed by atoms with Gasteiger partial charge in [-0.2, -0.15) is 0 Å². The number of halogens is 1. The zero-order valence-corrected chi connectivity index (χ0v) is 15.8. The highest BCUT2D eigenvalue weighted by atomic mass is 32.1. The van der Waals surface area contributed by atoms with E-state index in [1.54, 1.807) is 23.0 Å². The van der Waals surface area contributed by atoms with E-state index in [0.717, 1.165) is 28.0 Å². The van der Waals surface area contributed by atoms with E-state index in [2.05, 4.69) is 9.97 Å². The first-order valence-corrected chi connectivity index (χ1v) is 9.64. The van der Waals surface area contributed by atoms with E-state index in [9.17, 15) is 9.18 Å². The van der Waals surface area contributed by atoms with E-state index in [1.807, 2.05) is 41.2 Å². The maximum atomic E-state index is 13.3. The van der Waals surface area contributed by atoms with Gasteiger partial charge in [-0.1, -0.05) is 18.2 Å². The third-order valence-corrected chi connectivity index (χ3v) is 5.66. The lowest BCUT2D eigenvalue weighted by atomic mass is 10.1. The van der Waals surface area contributed by atoms with Gasteiger partial charge in [-0.3, -0.25) is 9.36 Å². The van der Waals surface area contributed by atoms with E-state index < -0.39 is 0 Å². The van der Waals surface area contributed by atoms with Crippen LogP contribution in [0.3, 0.4) is 0 Å². The summed E-state index contributed by atoms with van der Waals surface area (Å²) in [4.78, 5) is 22.9. The summed E-state index contributed by atoms with van der Waals surface area (Å²) in [6.45, 7) is 2.34. The summed E-state index contributed by atoms with van der Waals surface area (Å²) in [5.74, 6) is -0.305. The highest BCUT2D eigenvalue weighted by Crippen LogP contribution is 2.30. The predicted octanol–water partition coefficient (Wildman–Crippen LogP) is 4.27. The van der Waals surface area contributed by atoms with Gasteiger partial charge in [0.05, 0.1) is 24.0 Å². The summed E-state index contributed by atoms with van der Waals surface area (Å²) in [7, 11) is 0. The summed E-state index contributed by atoms with van der Waals surface area (Å²) in [6.07, 6.45) is 5.43. The van der Waals surface area contributed by atoms with Crippen LogP contribution >= 0.6 is 11.3 Å². The molecule has 0 bridgehead atoms. The fraction of sp³-hybridized carbons (Fsp3) is 0.0952. The summed E-state index contributed by atoms with van der Waals surface area (Å²) in [5.41, 5.74) is 4.19. The number of aromatic nitrogens is 4. The minimum Gasteiger partial charge on any atom is -0.307 e. The number of benzene rings is 1. The summed E-state index contributed by atoms with van der Waals surface area (Å²) in [6, 6.07) is 10.1. The molecule has 0 unspecified atom stereocenters. The fourth-order valence-electron chi connectivity index (χ4n) is 3.38. The van der Waals surface area contributed by atoms with Crippen molar-refractivity contribution in [1.82, 2.24) is 18.9 Å². The lowest BCUT2D eigenvalue weighted by Gasteiger charge is -2.04. The normalized spacial score (nSPS) is 11.5. The van der Waals surface area contributed by atoms with E-state index in [0.29, 0.717) is 16.8 Å². The molecule has 4 heterocycles. The number of imidazole rings is 1. The smallest absolute Gasteiger partial charge is 0.263 e. The van der Waals surface area contributed by atoms with Crippen molar-refractivity contribution in [3.8, 4) is 11.1 Å². The summed E-state index contributed by atoms with van der Waals surface area (Å²) >= 11 is 1.41. The van der Waals surface area contributed by atoms with Crippen molar-refractivity contribution >= 4 is 27.2 Å². The molecule has 0 saturated carbocycles. The number of fused-ring (bicyclic) bond motifs is 2. The maximum Gasteiger partial charge on any atom is 0.263 e. The molecule has 0 aliphatic rings. The first-order valence-electron chi connectivity index (χ1n) is 8.76. The SMILES string of the molecule is Cc1cccn2cc(Cn3cnc4scc(-c5ccc(F)cc5)c4c3=O)nc12. The van der Waals surface area contributed by atoms with Crippen LogP contribution in [0.25, 0.3) is 27.0 Å². The van der Waals surface area contributed by atoms with Crippen molar-refractivity contribution in [2.75, 3.05) is 0 Å².